The van der Waals surface area contributed by atoms with Crippen molar-refractivity contribution in [1.29, 1.82) is 0 Å². The monoisotopic (exact) mass is 366 g/mol. The van der Waals surface area contributed by atoms with Gasteiger partial charge in [0.25, 0.3) is 5.91 Å². The Morgan fingerprint density at radius 3 is 2.81 bits per heavy atom. The van der Waals surface area contributed by atoms with Crippen LogP contribution in [0.3, 0.4) is 0 Å². The summed E-state index contributed by atoms with van der Waals surface area (Å²) in [4.78, 5) is 32.2. The van der Waals surface area contributed by atoms with Gasteiger partial charge in [-0.25, -0.2) is 19.9 Å². The summed E-state index contributed by atoms with van der Waals surface area (Å²) < 4.78 is 1.85. The van der Waals surface area contributed by atoms with E-state index in [9.17, 15) is 4.79 Å². The number of hydrogen-bond donors (Lipinski definition) is 2. The van der Waals surface area contributed by atoms with E-state index < -0.39 is 0 Å². The highest BCUT2D eigenvalue weighted by Crippen LogP contribution is 2.15. The molecule has 3 aromatic heterocycles. The lowest BCUT2D eigenvalue weighted by atomic mass is 10.2. The van der Waals surface area contributed by atoms with Gasteiger partial charge >= 0.3 is 0 Å². The van der Waals surface area contributed by atoms with Crippen LogP contribution in [0.25, 0.3) is 5.65 Å². The summed E-state index contributed by atoms with van der Waals surface area (Å²) in [6.07, 6.45) is 6.78. The van der Waals surface area contributed by atoms with Gasteiger partial charge in [-0.2, -0.15) is 0 Å². The van der Waals surface area contributed by atoms with Crippen LogP contribution in [0.1, 0.15) is 28.8 Å². The van der Waals surface area contributed by atoms with Crippen molar-refractivity contribution in [2.45, 2.75) is 26.8 Å². The lowest BCUT2D eigenvalue weighted by molar-refractivity contribution is 0.102. The molecule has 0 unspecified atom stereocenters. The highest BCUT2D eigenvalue weighted by Gasteiger charge is 2.18. The number of nitrogens with zero attached hydrogens (tertiary/aromatic N) is 6. The Morgan fingerprint density at radius 1 is 1.22 bits per heavy atom. The van der Waals surface area contributed by atoms with E-state index in [-0.39, 0.29) is 11.6 Å². The topological polar surface area (TPSA) is 100 Å². The average Bonchev–Trinajstić information content (AvgIpc) is 3.03. The first-order valence-electron chi connectivity index (χ1n) is 8.94. The van der Waals surface area contributed by atoms with Crippen molar-refractivity contribution in [3.8, 4) is 0 Å². The zero-order valence-electron chi connectivity index (χ0n) is 15.6. The molecule has 1 atom stereocenters. The summed E-state index contributed by atoms with van der Waals surface area (Å²) in [5.74, 6) is 0.888. The number of amides is 1. The molecule has 0 radical (unpaired) electrons. The van der Waals surface area contributed by atoms with Crippen molar-refractivity contribution in [3.63, 3.8) is 0 Å². The molecule has 9 heteroatoms. The summed E-state index contributed by atoms with van der Waals surface area (Å²) in [5.41, 5.74) is 2.67. The lowest BCUT2D eigenvalue weighted by Gasteiger charge is -2.32. The van der Waals surface area contributed by atoms with Crippen LogP contribution in [0.2, 0.25) is 0 Å². The number of piperazine rings is 1. The Kier molecular flexibility index (Phi) is 4.44. The molecule has 27 heavy (non-hydrogen) atoms. The number of hydrogen-bond acceptors (Lipinski definition) is 7. The van der Waals surface area contributed by atoms with Gasteiger partial charge in [-0.3, -0.25) is 4.79 Å². The SMILES string of the molecule is Cc1cn2cc(NC(=O)c3cnc(N4CCN[C@H](C)C4)cn3)nc(C)c2n1. The third kappa shape index (κ3) is 3.59. The van der Waals surface area contributed by atoms with Gasteiger partial charge in [-0.1, -0.05) is 0 Å². The van der Waals surface area contributed by atoms with E-state index in [1.54, 1.807) is 12.4 Å². The van der Waals surface area contributed by atoms with Gasteiger partial charge in [0.15, 0.2) is 5.65 Å². The van der Waals surface area contributed by atoms with Crippen molar-refractivity contribution >= 4 is 23.2 Å². The third-order valence-corrected chi connectivity index (χ3v) is 4.53. The van der Waals surface area contributed by atoms with Crippen LogP contribution in [0, 0.1) is 13.8 Å². The molecule has 0 saturated carbocycles. The summed E-state index contributed by atoms with van der Waals surface area (Å²) in [6, 6.07) is 0.402. The quantitative estimate of drug-likeness (QED) is 0.718. The van der Waals surface area contributed by atoms with E-state index in [0.29, 0.717) is 11.9 Å². The van der Waals surface area contributed by atoms with Crippen LogP contribution < -0.4 is 15.5 Å². The fourth-order valence-electron chi connectivity index (χ4n) is 3.26. The predicted molar refractivity (Wildman–Crippen MR) is 102 cm³/mol. The minimum Gasteiger partial charge on any atom is -0.353 e. The number of fused-ring (bicyclic) bond motifs is 1. The first-order valence-corrected chi connectivity index (χ1v) is 8.94. The van der Waals surface area contributed by atoms with Crippen LogP contribution in [0.15, 0.2) is 24.8 Å². The maximum Gasteiger partial charge on any atom is 0.277 e. The summed E-state index contributed by atoms with van der Waals surface area (Å²) in [7, 11) is 0. The molecule has 0 spiro atoms. The van der Waals surface area contributed by atoms with Gasteiger partial charge in [0.1, 0.15) is 17.3 Å². The molecular formula is C18H22N8O. The molecule has 140 valence electrons. The number of aromatic nitrogens is 5. The minimum atomic E-state index is -0.342. The molecule has 1 aliphatic rings. The molecule has 3 aromatic rings. The largest absolute Gasteiger partial charge is 0.353 e. The molecule has 0 aromatic carbocycles. The number of aryl methyl sites for hydroxylation is 2. The minimum absolute atomic E-state index is 0.253. The van der Waals surface area contributed by atoms with Gasteiger partial charge in [0.2, 0.25) is 0 Å². The second-order valence-electron chi connectivity index (χ2n) is 6.84. The van der Waals surface area contributed by atoms with Gasteiger partial charge in [-0.05, 0) is 20.8 Å². The Bertz CT molecular complexity index is 981. The maximum atomic E-state index is 12.5. The molecule has 1 saturated heterocycles. The number of nitrogens with one attached hydrogen (secondary N) is 2. The van der Waals surface area contributed by atoms with Crippen molar-refractivity contribution in [2.24, 2.45) is 0 Å². The molecule has 1 fully saturated rings. The van der Waals surface area contributed by atoms with E-state index in [1.807, 2.05) is 24.4 Å². The smallest absolute Gasteiger partial charge is 0.277 e. The van der Waals surface area contributed by atoms with Crippen LogP contribution >= 0.6 is 0 Å². The number of rotatable bonds is 3. The highest BCUT2D eigenvalue weighted by atomic mass is 16.1. The Morgan fingerprint density at radius 2 is 2.07 bits per heavy atom. The van der Waals surface area contributed by atoms with Gasteiger partial charge < -0.3 is 19.9 Å². The van der Waals surface area contributed by atoms with Crippen LogP contribution in [0.5, 0.6) is 0 Å². The fourth-order valence-corrected chi connectivity index (χ4v) is 3.26. The molecule has 1 amide bonds. The van der Waals surface area contributed by atoms with Crippen LogP contribution in [-0.4, -0.2) is 55.9 Å². The Labute approximate surface area is 156 Å². The Hall–Kier alpha value is -3.07. The first kappa shape index (κ1) is 17.3. The number of carbonyl (C=O) groups is 1. The predicted octanol–water partition coefficient (Wildman–Crippen LogP) is 1.19. The normalized spacial score (nSPS) is 17.3. The molecule has 4 rings (SSSR count). The fraction of sp³-hybridized carbons (Fsp3) is 0.389. The standard InChI is InChI=1S/C18H22N8O/c1-11-8-25(5-4-19-11)16-7-20-14(6-21-16)18(27)24-15-10-26-9-12(2)22-17(26)13(3)23-15/h6-7,9-11,19H,4-5,8H2,1-3H3,(H,24,27)/t11-/m1/s1. The average molecular weight is 366 g/mol. The zero-order chi connectivity index (χ0) is 19.0. The molecule has 9 nitrogen and oxygen atoms in total. The van der Waals surface area contributed by atoms with Crippen molar-refractivity contribution < 1.29 is 4.79 Å². The van der Waals surface area contributed by atoms with Crippen LogP contribution in [0.4, 0.5) is 11.6 Å². The molecule has 4 heterocycles. The zero-order valence-corrected chi connectivity index (χ0v) is 15.6. The molecule has 1 aliphatic heterocycles. The summed E-state index contributed by atoms with van der Waals surface area (Å²) in [6.45, 7) is 8.56. The van der Waals surface area contributed by atoms with Crippen molar-refractivity contribution in [2.75, 3.05) is 29.9 Å². The number of anilines is 2. The van der Waals surface area contributed by atoms with Gasteiger partial charge in [-0.15, -0.1) is 0 Å². The van der Waals surface area contributed by atoms with E-state index in [2.05, 4.69) is 42.4 Å². The molecule has 0 aliphatic carbocycles. The molecule has 0 bridgehead atoms. The summed E-state index contributed by atoms with van der Waals surface area (Å²) >= 11 is 0. The van der Waals surface area contributed by atoms with Crippen LogP contribution in [-0.2, 0) is 0 Å². The van der Waals surface area contributed by atoms with Crippen molar-refractivity contribution in [1.82, 2.24) is 29.7 Å². The number of carbonyl (C=O) groups excluding carboxylic acids is 1. The molecular weight excluding hydrogens is 344 g/mol. The maximum absolute atomic E-state index is 12.5. The Balaban J connectivity index is 1.49. The summed E-state index contributed by atoms with van der Waals surface area (Å²) in [5, 5.41) is 6.17. The number of imidazole rings is 1. The third-order valence-electron chi connectivity index (χ3n) is 4.53. The van der Waals surface area contributed by atoms with Crippen molar-refractivity contribution in [3.05, 3.63) is 41.9 Å². The van der Waals surface area contributed by atoms with Gasteiger partial charge in [0.05, 0.1) is 30.0 Å². The van der Waals surface area contributed by atoms with Gasteiger partial charge in [0, 0.05) is 31.9 Å². The van der Waals surface area contributed by atoms with E-state index >= 15 is 0 Å². The second kappa shape index (κ2) is 6.92. The first-order chi connectivity index (χ1) is 13.0. The second-order valence-corrected chi connectivity index (χ2v) is 6.84. The lowest BCUT2D eigenvalue weighted by Crippen LogP contribution is -2.49. The van der Waals surface area contributed by atoms with E-state index in [0.717, 1.165) is 42.5 Å². The molecule has 2 N–H and O–H groups in total. The highest BCUT2D eigenvalue weighted by molar-refractivity contribution is 6.02. The van der Waals surface area contributed by atoms with E-state index in [1.165, 1.54) is 6.20 Å². The van der Waals surface area contributed by atoms with E-state index in [4.69, 9.17) is 0 Å².